The van der Waals surface area contributed by atoms with Crippen LogP contribution in [0.2, 0.25) is 0 Å². The van der Waals surface area contributed by atoms with Gasteiger partial charge in [-0.15, -0.1) is 0 Å². The first-order valence-corrected chi connectivity index (χ1v) is 5.47. The minimum atomic E-state index is -1.09. The molecule has 0 aliphatic rings. The zero-order chi connectivity index (χ0) is 12.8. The minimum Gasteiger partial charge on any atom is -0.478 e. The molecule has 0 heterocycles. The summed E-state index contributed by atoms with van der Waals surface area (Å²) in [4.78, 5) is 12.4. The van der Waals surface area contributed by atoms with E-state index in [0.29, 0.717) is 11.3 Å². The van der Waals surface area contributed by atoms with Crippen molar-refractivity contribution in [3.8, 4) is 0 Å². The lowest BCUT2D eigenvalue weighted by molar-refractivity contribution is -0.131. The Labute approximate surface area is 100 Å². The lowest BCUT2D eigenvalue weighted by atomic mass is 10.1. The van der Waals surface area contributed by atoms with Crippen LogP contribution in [0.3, 0.4) is 0 Å². The second kappa shape index (κ2) is 6.03. The van der Waals surface area contributed by atoms with Gasteiger partial charge in [-0.2, -0.15) is 0 Å². The van der Waals surface area contributed by atoms with E-state index in [1.165, 1.54) is 12.1 Å². The molecule has 0 amide bonds. The summed E-state index contributed by atoms with van der Waals surface area (Å²) in [6.45, 7) is 2.82. The molecule has 4 heteroatoms. The molecule has 1 rings (SSSR count). The van der Waals surface area contributed by atoms with E-state index < -0.39 is 11.8 Å². The van der Waals surface area contributed by atoms with Gasteiger partial charge >= 0.3 is 5.97 Å². The van der Waals surface area contributed by atoms with Crippen molar-refractivity contribution >= 4 is 17.7 Å². The van der Waals surface area contributed by atoms with Gasteiger partial charge in [0.25, 0.3) is 0 Å². The molecule has 17 heavy (non-hydrogen) atoms. The monoisotopic (exact) mass is 237 g/mol. The van der Waals surface area contributed by atoms with Crippen molar-refractivity contribution in [3.63, 3.8) is 0 Å². The van der Waals surface area contributed by atoms with Crippen molar-refractivity contribution in [2.45, 2.75) is 13.3 Å². The number of halogens is 1. The molecular formula is C13H16FNO2. The van der Waals surface area contributed by atoms with Gasteiger partial charge in [-0.05, 0) is 24.6 Å². The number of nitrogens with zero attached hydrogens (tertiary/aromatic N) is 1. The molecule has 0 aliphatic heterocycles. The molecule has 0 aliphatic carbocycles. The standard InChI is InChI=1S/C13H16FNO2/c1-3-9-15(2)12-6-4-5-11(14)10(12)7-8-13(16)17/h4-8H,3,9H2,1-2H3,(H,16,17)/b8-7+. The van der Waals surface area contributed by atoms with E-state index in [4.69, 9.17) is 5.11 Å². The number of carboxylic acid groups (broad SMARTS) is 1. The highest BCUT2D eigenvalue weighted by atomic mass is 19.1. The van der Waals surface area contributed by atoms with Crippen molar-refractivity contribution in [1.82, 2.24) is 0 Å². The first kappa shape index (κ1) is 13.2. The Hall–Kier alpha value is -1.84. The maximum atomic E-state index is 13.6. The van der Waals surface area contributed by atoms with Crippen LogP contribution in [0.1, 0.15) is 18.9 Å². The Balaban J connectivity index is 3.12. The smallest absolute Gasteiger partial charge is 0.328 e. The molecule has 0 aromatic heterocycles. The van der Waals surface area contributed by atoms with Gasteiger partial charge in [-0.1, -0.05) is 13.0 Å². The van der Waals surface area contributed by atoms with E-state index in [1.807, 2.05) is 18.9 Å². The molecule has 0 fully saturated rings. The Bertz CT molecular complexity index is 429. The highest BCUT2D eigenvalue weighted by Gasteiger charge is 2.09. The van der Waals surface area contributed by atoms with Crippen LogP contribution < -0.4 is 4.90 Å². The number of hydrogen-bond donors (Lipinski definition) is 1. The summed E-state index contributed by atoms with van der Waals surface area (Å²) >= 11 is 0. The number of aliphatic carboxylic acids is 1. The lowest BCUT2D eigenvalue weighted by Crippen LogP contribution is -2.19. The number of hydrogen-bond acceptors (Lipinski definition) is 2. The molecule has 0 unspecified atom stereocenters. The summed E-state index contributed by atoms with van der Waals surface area (Å²) in [5.74, 6) is -1.50. The van der Waals surface area contributed by atoms with Crippen molar-refractivity contribution < 1.29 is 14.3 Å². The summed E-state index contributed by atoms with van der Waals surface area (Å²) in [5, 5.41) is 8.58. The van der Waals surface area contributed by atoms with Crippen molar-refractivity contribution in [2.75, 3.05) is 18.5 Å². The summed E-state index contributed by atoms with van der Waals surface area (Å²) < 4.78 is 13.6. The van der Waals surface area contributed by atoms with Crippen LogP contribution >= 0.6 is 0 Å². The van der Waals surface area contributed by atoms with Crippen LogP contribution in [0.4, 0.5) is 10.1 Å². The molecule has 0 atom stereocenters. The third kappa shape index (κ3) is 3.59. The second-order valence-electron chi connectivity index (χ2n) is 3.77. The third-order valence-electron chi connectivity index (χ3n) is 2.39. The molecule has 1 N–H and O–H groups in total. The fourth-order valence-electron chi connectivity index (χ4n) is 1.63. The number of carboxylic acids is 1. The molecular weight excluding hydrogens is 221 g/mol. The number of rotatable bonds is 5. The molecule has 1 aromatic rings. The molecule has 0 spiro atoms. The molecule has 0 bridgehead atoms. The Morgan fingerprint density at radius 2 is 2.24 bits per heavy atom. The van der Waals surface area contributed by atoms with Gasteiger partial charge in [0.15, 0.2) is 0 Å². The SMILES string of the molecule is CCCN(C)c1cccc(F)c1/C=C/C(=O)O. The summed E-state index contributed by atoms with van der Waals surface area (Å²) in [6, 6.07) is 4.72. The summed E-state index contributed by atoms with van der Waals surface area (Å²) in [7, 11) is 1.86. The molecule has 3 nitrogen and oxygen atoms in total. The average Bonchev–Trinajstić information content (AvgIpc) is 2.27. The van der Waals surface area contributed by atoms with Crippen LogP contribution in [0.5, 0.6) is 0 Å². The van der Waals surface area contributed by atoms with E-state index in [9.17, 15) is 9.18 Å². The van der Waals surface area contributed by atoms with Gasteiger partial charge in [0.1, 0.15) is 5.82 Å². The Morgan fingerprint density at radius 3 is 2.82 bits per heavy atom. The van der Waals surface area contributed by atoms with Gasteiger partial charge in [0, 0.05) is 30.9 Å². The largest absolute Gasteiger partial charge is 0.478 e. The van der Waals surface area contributed by atoms with Crippen molar-refractivity contribution in [2.24, 2.45) is 0 Å². The van der Waals surface area contributed by atoms with Crippen molar-refractivity contribution in [3.05, 3.63) is 35.7 Å². The highest BCUT2D eigenvalue weighted by molar-refractivity contribution is 5.87. The average molecular weight is 237 g/mol. The number of carbonyl (C=O) groups is 1. The predicted molar refractivity (Wildman–Crippen MR) is 66.6 cm³/mol. The first-order chi connectivity index (χ1) is 8.06. The molecule has 1 aromatic carbocycles. The van der Waals surface area contributed by atoms with E-state index in [-0.39, 0.29) is 0 Å². The van der Waals surface area contributed by atoms with Crippen LogP contribution in [-0.4, -0.2) is 24.7 Å². The molecule has 0 saturated carbocycles. The lowest BCUT2D eigenvalue weighted by Gasteiger charge is -2.20. The molecule has 0 radical (unpaired) electrons. The fraction of sp³-hybridized carbons (Fsp3) is 0.308. The van der Waals surface area contributed by atoms with E-state index in [0.717, 1.165) is 19.0 Å². The van der Waals surface area contributed by atoms with Gasteiger partial charge in [0.05, 0.1) is 0 Å². The fourth-order valence-corrected chi connectivity index (χ4v) is 1.63. The summed E-state index contributed by atoms with van der Waals surface area (Å²) in [5.41, 5.74) is 1.01. The van der Waals surface area contributed by atoms with Crippen LogP contribution in [0.25, 0.3) is 6.08 Å². The predicted octanol–water partition coefficient (Wildman–Crippen LogP) is 2.77. The van der Waals surface area contributed by atoms with Crippen molar-refractivity contribution in [1.29, 1.82) is 0 Å². The minimum absolute atomic E-state index is 0.311. The van der Waals surface area contributed by atoms with E-state index in [1.54, 1.807) is 12.1 Å². The zero-order valence-electron chi connectivity index (χ0n) is 9.98. The highest BCUT2D eigenvalue weighted by Crippen LogP contribution is 2.23. The maximum Gasteiger partial charge on any atom is 0.328 e. The van der Waals surface area contributed by atoms with E-state index >= 15 is 0 Å². The van der Waals surface area contributed by atoms with E-state index in [2.05, 4.69) is 0 Å². The second-order valence-corrected chi connectivity index (χ2v) is 3.77. The zero-order valence-corrected chi connectivity index (χ0v) is 9.98. The number of benzene rings is 1. The maximum absolute atomic E-state index is 13.6. The topological polar surface area (TPSA) is 40.5 Å². The molecule has 92 valence electrons. The number of anilines is 1. The quantitative estimate of drug-likeness (QED) is 0.800. The normalized spacial score (nSPS) is 10.8. The summed E-state index contributed by atoms with van der Waals surface area (Å²) in [6.07, 6.45) is 3.18. The Kier molecular flexibility index (Phi) is 4.69. The Morgan fingerprint density at radius 1 is 1.53 bits per heavy atom. The molecule has 0 saturated heterocycles. The van der Waals surface area contributed by atoms with Gasteiger partial charge in [-0.3, -0.25) is 0 Å². The van der Waals surface area contributed by atoms with Gasteiger partial charge in [0.2, 0.25) is 0 Å². The van der Waals surface area contributed by atoms with Crippen LogP contribution in [0, 0.1) is 5.82 Å². The first-order valence-electron chi connectivity index (χ1n) is 5.47. The van der Waals surface area contributed by atoms with Crippen LogP contribution in [0.15, 0.2) is 24.3 Å². The van der Waals surface area contributed by atoms with Crippen LogP contribution in [-0.2, 0) is 4.79 Å². The van der Waals surface area contributed by atoms with Gasteiger partial charge in [-0.25, -0.2) is 9.18 Å². The van der Waals surface area contributed by atoms with Gasteiger partial charge < -0.3 is 10.0 Å². The third-order valence-corrected chi connectivity index (χ3v) is 2.39.